The number of carbonyl (C=O) groups is 2. The molecular weight excluding hydrogens is 254 g/mol. The predicted molar refractivity (Wildman–Crippen MR) is 66.7 cm³/mol. The number of nitro benzene ring substituents is 1. The SMILES string of the molecule is Cc1c(NC(=O)C(N)CC(=O)O)cccc1[N+](=O)[O-]. The Morgan fingerprint density at radius 1 is 1.53 bits per heavy atom. The highest BCUT2D eigenvalue weighted by molar-refractivity contribution is 5.97. The van der Waals surface area contributed by atoms with Crippen LogP contribution in [0.3, 0.4) is 0 Å². The zero-order valence-electron chi connectivity index (χ0n) is 10.1. The van der Waals surface area contributed by atoms with E-state index < -0.39 is 29.3 Å². The van der Waals surface area contributed by atoms with Gasteiger partial charge in [0.15, 0.2) is 0 Å². The van der Waals surface area contributed by atoms with Crippen molar-refractivity contribution in [2.45, 2.75) is 19.4 Å². The first-order valence-electron chi connectivity index (χ1n) is 5.35. The fourth-order valence-corrected chi connectivity index (χ4v) is 1.46. The highest BCUT2D eigenvalue weighted by atomic mass is 16.6. The Kier molecular flexibility index (Phi) is 4.54. The molecule has 0 saturated heterocycles. The van der Waals surface area contributed by atoms with Gasteiger partial charge in [-0.1, -0.05) is 6.07 Å². The Hall–Kier alpha value is -2.48. The molecule has 0 aliphatic heterocycles. The van der Waals surface area contributed by atoms with E-state index >= 15 is 0 Å². The van der Waals surface area contributed by atoms with E-state index in [0.29, 0.717) is 0 Å². The molecule has 0 radical (unpaired) electrons. The van der Waals surface area contributed by atoms with Gasteiger partial charge in [-0.3, -0.25) is 19.7 Å². The van der Waals surface area contributed by atoms with Gasteiger partial charge in [0.25, 0.3) is 5.69 Å². The molecule has 0 saturated carbocycles. The number of hydrogen-bond acceptors (Lipinski definition) is 5. The Bertz CT molecular complexity index is 529. The molecule has 1 aromatic carbocycles. The van der Waals surface area contributed by atoms with E-state index in [0.717, 1.165) is 0 Å². The molecule has 1 rings (SSSR count). The van der Waals surface area contributed by atoms with Gasteiger partial charge in [-0.05, 0) is 13.0 Å². The lowest BCUT2D eigenvalue weighted by Crippen LogP contribution is -2.37. The van der Waals surface area contributed by atoms with Crippen molar-refractivity contribution in [1.82, 2.24) is 0 Å². The number of nitrogens with zero attached hydrogens (tertiary/aromatic N) is 1. The second kappa shape index (κ2) is 5.91. The Balaban J connectivity index is 2.88. The van der Waals surface area contributed by atoms with Crippen LogP contribution in [0.25, 0.3) is 0 Å². The van der Waals surface area contributed by atoms with E-state index in [-0.39, 0.29) is 16.9 Å². The van der Waals surface area contributed by atoms with Crippen LogP contribution in [0.5, 0.6) is 0 Å². The number of nitrogens with two attached hydrogens (primary N) is 1. The maximum atomic E-state index is 11.6. The molecule has 102 valence electrons. The van der Waals surface area contributed by atoms with Gasteiger partial charge in [0.2, 0.25) is 5.91 Å². The molecule has 8 nitrogen and oxygen atoms in total. The second-order valence-electron chi connectivity index (χ2n) is 3.90. The second-order valence-corrected chi connectivity index (χ2v) is 3.90. The molecule has 0 aromatic heterocycles. The van der Waals surface area contributed by atoms with E-state index in [1.807, 2.05) is 0 Å². The average Bonchev–Trinajstić information content (AvgIpc) is 2.30. The van der Waals surface area contributed by atoms with Gasteiger partial charge in [-0.25, -0.2) is 0 Å². The van der Waals surface area contributed by atoms with Gasteiger partial charge in [-0.15, -0.1) is 0 Å². The molecule has 0 fully saturated rings. The summed E-state index contributed by atoms with van der Waals surface area (Å²) >= 11 is 0. The van der Waals surface area contributed by atoms with Crippen molar-refractivity contribution in [2.24, 2.45) is 5.73 Å². The summed E-state index contributed by atoms with van der Waals surface area (Å²) in [7, 11) is 0. The van der Waals surface area contributed by atoms with Gasteiger partial charge in [-0.2, -0.15) is 0 Å². The van der Waals surface area contributed by atoms with Gasteiger partial charge < -0.3 is 16.2 Å². The molecule has 0 spiro atoms. The molecule has 1 unspecified atom stereocenters. The number of benzene rings is 1. The highest BCUT2D eigenvalue weighted by Crippen LogP contribution is 2.25. The Labute approximate surface area is 108 Å². The number of hydrogen-bond donors (Lipinski definition) is 3. The van der Waals surface area contributed by atoms with Gasteiger partial charge in [0.05, 0.1) is 28.6 Å². The molecule has 1 atom stereocenters. The number of anilines is 1. The third kappa shape index (κ3) is 3.75. The van der Waals surface area contributed by atoms with Crippen molar-refractivity contribution >= 4 is 23.3 Å². The van der Waals surface area contributed by atoms with Gasteiger partial charge in [0, 0.05) is 6.07 Å². The molecule has 8 heteroatoms. The first-order valence-corrected chi connectivity index (χ1v) is 5.35. The maximum absolute atomic E-state index is 11.6. The largest absolute Gasteiger partial charge is 0.481 e. The first-order chi connectivity index (χ1) is 8.82. The number of amides is 1. The van der Waals surface area contributed by atoms with Crippen LogP contribution < -0.4 is 11.1 Å². The van der Waals surface area contributed by atoms with Crippen LogP contribution in [-0.4, -0.2) is 27.9 Å². The van der Waals surface area contributed by atoms with Crippen molar-refractivity contribution < 1.29 is 19.6 Å². The standard InChI is InChI=1S/C11H13N3O5/c1-6-8(3-2-4-9(6)14(18)19)13-11(17)7(12)5-10(15)16/h2-4,7H,5,12H2,1H3,(H,13,17)(H,15,16). The molecule has 0 aliphatic carbocycles. The van der Waals surface area contributed by atoms with Crippen LogP contribution in [0.15, 0.2) is 18.2 Å². The Morgan fingerprint density at radius 2 is 2.16 bits per heavy atom. The topological polar surface area (TPSA) is 136 Å². The average molecular weight is 267 g/mol. The fourth-order valence-electron chi connectivity index (χ4n) is 1.46. The summed E-state index contributed by atoms with van der Waals surface area (Å²) in [5.74, 6) is -1.90. The molecular formula is C11H13N3O5. The molecule has 0 heterocycles. The number of rotatable bonds is 5. The number of carboxylic acid groups (broad SMARTS) is 1. The Morgan fingerprint density at radius 3 is 2.68 bits per heavy atom. The van der Waals surface area contributed by atoms with Crippen LogP contribution in [0, 0.1) is 17.0 Å². The molecule has 1 aromatic rings. The highest BCUT2D eigenvalue weighted by Gasteiger charge is 2.20. The molecule has 0 bridgehead atoms. The normalized spacial score (nSPS) is 11.7. The van der Waals surface area contributed by atoms with Crippen LogP contribution in [0.1, 0.15) is 12.0 Å². The number of nitro groups is 1. The third-order valence-corrected chi connectivity index (χ3v) is 2.49. The van der Waals surface area contributed by atoms with E-state index in [1.165, 1.54) is 25.1 Å². The first kappa shape index (κ1) is 14.6. The zero-order valence-corrected chi connectivity index (χ0v) is 10.1. The van der Waals surface area contributed by atoms with Crippen LogP contribution in [0.4, 0.5) is 11.4 Å². The van der Waals surface area contributed by atoms with E-state index in [1.54, 1.807) is 0 Å². The van der Waals surface area contributed by atoms with Crippen molar-refractivity contribution in [1.29, 1.82) is 0 Å². The lowest BCUT2D eigenvalue weighted by atomic mass is 10.1. The van der Waals surface area contributed by atoms with Crippen LogP contribution >= 0.6 is 0 Å². The summed E-state index contributed by atoms with van der Waals surface area (Å²) in [6.45, 7) is 1.48. The maximum Gasteiger partial charge on any atom is 0.305 e. The summed E-state index contributed by atoms with van der Waals surface area (Å²) in [5.41, 5.74) is 5.77. The summed E-state index contributed by atoms with van der Waals surface area (Å²) in [4.78, 5) is 32.2. The smallest absolute Gasteiger partial charge is 0.305 e. The van der Waals surface area contributed by atoms with E-state index in [4.69, 9.17) is 10.8 Å². The zero-order chi connectivity index (χ0) is 14.6. The van der Waals surface area contributed by atoms with Crippen molar-refractivity contribution in [3.8, 4) is 0 Å². The summed E-state index contributed by atoms with van der Waals surface area (Å²) in [5, 5.41) is 21.6. The van der Waals surface area contributed by atoms with E-state index in [2.05, 4.69) is 5.32 Å². The lowest BCUT2D eigenvalue weighted by Gasteiger charge is -2.12. The fraction of sp³-hybridized carbons (Fsp3) is 0.273. The van der Waals surface area contributed by atoms with Crippen LogP contribution in [-0.2, 0) is 9.59 Å². The minimum absolute atomic E-state index is 0.135. The molecule has 0 aliphatic rings. The number of nitrogens with one attached hydrogen (secondary N) is 1. The van der Waals surface area contributed by atoms with Gasteiger partial charge >= 0.3 is 5.97 Å². The monoisotopic (exact) mass is 267 g/mol. The summed E-state index contributed by atoms with van der Waals surface area (Å²) in [6, 6.07) is 3.00. The van der Waals surface area contributed by atoms with E-state index in [9.17, 15) is 19.7 Å². The minimum Gasteiger partial charge on any atom is -0.481 e. The van der Waals surface area contributed by atoms with Crippen molar-refractivity contribution in [2.75, 3.05) is 5.32 Å². The predicted octanol–water partition coefficient (Wildman–Crippen LogP) is 0.644. The van der Waals surface area contributed by atoms with Crippen LogP contribution in [0.2, 0.25) is 0 Å². The molecule has 1 amide bonds. The lowest BCUT2D eigenvalue weighted by molar-refractivity contribution is -0.385. The number of carbonyl (C=O) groups excluding carboxylic acids is 1. The molecule has 19 heavy (non-hydrogen) atoms. The number of carboxylic acids is 1. The van der Waals surface area contributed by atoms with Gasteiger partial charge in [0.1, 0.15) is 0 Å². The van der Waals surface area contributed by atoms with Crippen molar-refractivity contribution in [3.05, 3.63) is 33.9 Å². The summed E-state index contributed by atoms with van der Waals surface area (Å²) < 4.78 is 0. The van der Waals surface area contributed by atoms with Crippen molar-refractivity contribution in [3.63, 3.8) is 0 Å². The quantitative estimate of drug-likeness (QED) is 0.529. The minimum atomic E-state index is -1.21. The number of aliphatic carboxylic acids is 1. The molecule has 4 N–H and O–H groups in total. The third-order valence-electron chi connectivity index (χ3n) is 2.49. The summed E-state index contributed by atoms with van der Waals surface area (Å²) in [6.07, 6.45) is -0.514.